The maximum absolute atomic E-state index is 9.48. The molecule has 0 radical (unpaired) electrons. The molecule has 72 valence electrons. The summed E-state index contributed by atoms with van der Waals surface area (Å²) in [5, 5.41) is 2.17. The number of hydrogen-bond donors (Lipinski definition) is 2. The molecule has 0 unspecified atom stereocenters. The van der Waals surface area contributed by atoms with Crippen molar-refractivity contribution in [1.82, 2.24) is 10.2 Å². The van der Waals surface area contributed by atoms with Gasteiger partial charge >= 0.3 is 6.03 Å². The molecule has 1 fully saturated rings. The highest BCUT2D eigenvalue weighted by Crippen LogP contribution is 2.04. The summed E-state index contributed by atoms with van der Waals surface area (Å²) in [6.45, 7) is 2.64. The first-order chi connectivity index (χ1) is 5.66. The second-order valence-electron chi connectivity index (χ2n) is 2.98. The Bertz CT molecular complexity index is 121. The van der Waals surface area contributed by atoms with Crippen molar-refractivity contribution in [3.05, 3.63) is 0 Å². The number of hydrogen-bond acceptors (Lipinski definition) is 2. The maximum atomic E-state index is 9.48. The van der Waals surface area contributed by atoms with Gasteiger partial charge in [-0.15, -0.1) is 0 Å². The lowest BCUT2D eigenvalue weighted by molar-refractivity contribution is 0.251. The fraction of sp³-hybridized carbons (Fsp3) is 0.875. The minimum atomic E-state index is -0.495. The molecule has 4 nitrogen and oxygen atoms in total. The lowest BCUT2D eigenvalue weighted by Crippen LogP contribution is -2.24. The lowest BCUT2D eigenvalue weighted by atomic mass is 10.1. The van der Waals surface area contributed by atoms with Crippen LogP contribution in [0.1, 0.15) is 19.3 Å². The van der Waals surface area contributed by atoms with Crippen LogP contribution in [0.25, 0.3) is 0 Å². The molecule has 1 aliphatic rings. The van der Waals surface area contributed by atoms with E-state index < -0.39 is 6.03 Å². The van der Waals surface area contributed by atoms with Gasteiger partial charge < -0.3 is 16.0 Å². The van der Waals surface area contributed by atoms with Gasteiger partial charge in [-0.2, -0.15) is 0 Å². The Morgan fingerprint density at radius 3 is 1.92 bits per heavy atom. The predicted molar refractivity (Wildman–Crippen MR) is 50.0 cm³/mol. The molecule has 0 aromatic carbocycles. The molecule has 0 aliphatic carbocycles. The van der Waals surface area contributed by atoms with Crippen molar-refractivity contribution in [1.29, 1.82) is 0 Å². The molecule has 0 saturated carbocycles. The summed E-state index contributed by atoms with van der Waals surface area (Å²) >= 11 is 0. The van der Waals surface area contributed by atoms with E-state index in [4.69, 9.17) is 0 Å². The van der Waals surface area contributed by atoms with Gasteiger partial charge in [0.05, 0.1) is 0 Å². The first kappa shape index (κ1) is 11.2. The summed E-state index contributed by atoms with van der Waals surface area (Å²) in [7, 11) is 3.67. The number of carbonyl (C=O) groups excluding carboxylic acids is 1. The van der Waals surface area contributed by atoms with Crippen LogP contribution < -0.4 is 11.1 Å². The van der Waals surface area contributed by atoms with E-state index in [1.807, 2.05) is 0 Å². The Labute approximate surface area is 74.1 Å². The predicted octanol–water partition coefficient (Wildman–Crippen LogP) is 0.387. The van der Waals surface area contributed by atoms with Crippen molar-refractivity contribution in [2.75, 3.05) is 27.2 Å². The van der Waals surface area contributed by atoms with E-state index in [1.165, 1.54) is 39.4 Å². The maximum Gasteiger partial charge on any atom is 0.311 e. The third-order valence-corrected chi connectivity index (χ3v) is 1.83. The quantitative estimate of drug-likeness (QED) is 0.556. The van der Waals surface area contributed by atoms with Crippen LogP contribution in [0.3, 0.4) is 0 Å². The van der Waals surface area contributed by atoms with E-state index in [2.05, 4.69) is 23.0 Å². The van der Waals surface area contributed by atoms with Gasteiger partial charge in [-0.1, -0.05) is 6.42 Å². The lowest BCUT2D eigenvalue weighted by Gasteiger charge is -2.20. The SMILES string of the molecule is CN1CCCCC1.CNC(N)=O. The monoisotopic (exact) mass is 173 g/mol. The molecule has 1 rings (SSSR count). The average Bonchev–Trinajstić information content (AvgIpc) is 2.07. The van der Waals surface area contributed by atoms with Crippen molar-refractivity contribution in [2.24, 2.45) is 5.73 Å². The van der Waals surface area contributed by atoms with Gasteiger partial charge in [0, 0.05) is 7.05 Å². The summed E-state index contributed by atoms with van der Waals surface area (Å²) in [5.74, 6) is 0. The van der Waals surface area contributed by atoms with Gasteiger partial charge in [0.15, 0.2) is 0 Å². The number of nitrogens with one attached hydrogen (secondary N) is 1. The minimum absolute atomic E-state index is 0.495. The molecule has 1 saturated heterocycles. The summed E-state index contributed by atoms with van der Waals surface area (Å²) in [6.07, 6.45) is 4.28. The molecule has 4 heteroatoms. The summed E-state index contributed by atoms with van der Waals surface area (Å²) < 4.78 is 0. The standard InChI is InChI=1S/C6H13N.C2H6N2O/c1-7-5-3-2-4-6-7;1-4-2(3)5/h2-6H2,1H3;1H3,(H3,3,4,5). The van der Waals surface area contributed by atoms with Crippen molar-refractivity contribution < 1.29 is 4.79 Å². The topological polar surface area (TPSA) is 58.4 Å². The van der Waals surface area contributed by atoms with E-state index in [0.717, 1.165) is 0 Å². The highest BCUT2D eigenvalue weighted by atomic mass is 16.2. The van der Waals surface area contributed by atoms with E-state index in [1.54, 1.807) is 0 Å². The van der Waals surface area contributed by atoms with Crippen LogP contribution in [0, 0.1) is 0 Å². The fourth-order valence-electron chi connectivity index (χ4n) is 1.05. The number of amides is 2. The Morgan fingerprint density at radius 2 is 1.75 bits per heavy atom. The van der Waals surface area contributed by atoms with E-state index in [-0.39, 0.29) is 0 Å². The minimum Gasteiger partial charge on any atom is -0.352 e. The third-order valence-electron chi connectivity index (χ3n) is 1.83. The van der Waals surface area contributed by atoms with Gasteiger partial charge in [-0.05, 0) is 33.0 Å². The van der Waals surface area contributed by atoms with Crippen LogP contribution >= 0.6 is 0 Å². The van der Waals surface area contributed by atoms with Crippen LogP contribution in [0.5, 0.6) is 0 Å². The van der Waals surface area contributed by atoms with E-state index in [9.17, 15) is 4.79 Å². The second-order valence-corrected chi connectivity index (χ2v) is 2.98. The number of carbonyl (C=O) groups is 1. The summed E-state index contributed by atoms with van der Waals surface area (Å²) in [5.41, 5.74) is 4.54. The first-order valence-corrected chi connectivity index (χ1v) is 4.32. The molecule has 2 amide bonds. The van der Waals surface area contributed by atoms with Crippen LogP contribution in [0.4, 0.5) is 4.79 Å². The van der Waals surface area contributed by atoms with Crippen LogP contribution in [0.2, 0.25) is 0 Å². The number of urea groups is 1. The summed E-state index contributed by atoms with van der Waals surface area (Å²) in [6, 6.07) is -0.495. The van der Waals surface area contributed by atoms with E-state index >= 15 is 0 Å². The zero-order valence-corrected chi connectivity index (χ0v) is 7.97. The van der Waals surface area contributed by atoms with Gasteiger partial charge in [0.25, 0.3) is 0 Å². The number of primary amides is 1. The van der Waals surface area contributed by atoms with Gasteiger partial charge in [0.1, 0.15) is 0 Å². The van der Waals surface area contributed by atoms with Crippen molar-refractivity contribution in [3.63, 3.8) is 0 Å². The van der Waals surface area contributed by atoms with Crippen LogP contribution in [-0.2, 0) is 0 Å². The van der Waals surface area contributed by atoms with Crippen LogP contribution in [0.15, 0.2) is 0 Å². The fourth-order valence-corrected chi connectivity index (χ4v) is 1.05. The Morgan fingerprint density at radius 1 is 1.33 bits per heavy atom. The molecule has 12 heavy (non-hydrogen) atoms. The van der Waals surface area contributed by atoms with Crippen LogP contribution in [-0.4, -0.2) is 38.1 Å². The van der Waals surface area contributed by atoms with Gasteiger partial charge in [0.2, 0.25) is 0 Å². The van der Waals surface area contributed by atoms with E-state index in [0.29, 0.717) is 0 Å². The third kappa shape index (κ3) is 7.34. The molecule has 0 aromatic heterocycles. The second kappa shape index (κ2) is 6.91. The van der Waals surface area contributed by atoms with Crippen molar-refractivity contribution in [2.45, 2.75) is 19.3 Å². The average molecular weight is 173 g/mol. The van der Waals surface area contributed by atoms with Gasteiger partial charge in [-0.3, -0.25) is 0 Å². The molecule has 0 atom stereocenters. The number of likely N-dealkylation sites (tertiary alicyclic amines) is 1. The summed E-state index contributed by atoms with van der Waals surface area (Å²) in [4.78, 5) is 11.9. The number of piperidine rings is 1. The Kier molecular flexibility index (Phi) is 6.47. The van der Waals surface area contributed by atoms with Gasteiger partial charge in [-0.25, -0.2) is 4.79 Å². The Hall–Kier alpha value is -0.770. The molecule has 0 aromatic rings. The Balaban J connectivity index is 0.000000217. The molecule has 0 spiro atoms. The highest BCUT2D eigenvalue weighted by molar-refractivity contribution is 5.71. The number of nitrogens with two attached hydrogens (primary N) is 1. The first-order valence-electron chi connectivity index (χ1n) is 4.32. The zero-order valence-electron chi connectivity index (χ0n) is 7.97. The molecule has 0 bridgehead atoms. The van der Waals surface area contributed by atoms with Crippen molar-refractivity contribution >= 4 is 6.03 Å². The smallest absolute Gasteiger partial charge is 0.311 e. The normalized spacial score (nSPS) is 17.5. The number of rotatable bonds is 0. The van der Waals surface area contributed by atoms with Crippen molar-refractivity contribution in [3.8, 4) is 0 Å². The molecule has 1 heterocycles. The number of nitrogens with zero attached hydrogens (tertiary/aromatic N) is 1. The highest BCUT2D eigenvalue weighted by Gasteiger charge is 2.02. The molecular formula is C8H19N3O. The zero-order chi connectivity index (χ0) is 9.40. The largest absolute Gasteiger partial charge is 0.352 e. The molecular weight excluding hydrogens is 154 g/mol. The molecule has 1 aliphatic heterocycles. The molecule has 3 N–H and O–H groups in total.